The molecule has 0 unspecified atom stereocenters. The van der Waals surface area contributed by atoms with E-state index in [4.69, 9.17) is 14.2 Å². The summed E-state index contributed by atoms with van der Waals surface area (Å²) in [5.41, 5.74) is 0.163. The highest BCUT2D eigenvalue weighted by Crippen LogP contribution is 2.34. The van der Waals surface area contributed by atoms with Gasteiger partial charge in [0.15, 0.2) is 0 Å². The van der Waals surface area contributed by atoms with Gasteiger partial charge in [0, 0.05) is 17.7 Å². The smallest absolute Gasteiger partial charge is 0.311 e. The maximum absolute atomic E-state index is 11.4. The Labute approximate surface area is 110 Å². The lowest BCUT2D eigenvalue weighted by Gasteiger charge is -2.10. The number of carbonyl (C=O) groups is 1. The molecular weight excluding hydrogens is 254 g/mol. The van der Waals surface area contributed by atoms with Crippen LogP contribution in [-0.4, -0.2) is 31.7 Å². The van der Waals surface area contributed by atoms with Crippen LogP contribution in [0.25, 0.3) is 0 Å². The molecule has 0 N–H and O–H groups in total. The summed E-state index contributed by atoms with van der Waals surface area (Å²) in [6.07, 6.45) is -0.0954. The second kappa shape index (κ2) is 6.58. The van der Waals surface area contributed by atoms with E-state index >= 15 is 0 Å². The topological polar surface area (TPSA) is 87.9 Å². The number of nitro benzene ring substituents is 1. The molecule has 0 saturated carbocycles. The van der Waals surface area contributed by atoms with Crippen LogP contribution in [0.1, 0.15) is 12.5 Å². The fourth-order valence-electron chi connectivity index (χ4n) is 1.59. The van der Waals surface area contributed by atoms with Crippen LogP contribution in [-0.2, 0) is 16.0 Å². The third kappa shape index (κ3) is 3.57. The van der Waals surface area contributed by atoms with Crippen molar-refractivity contribution in [1.29, 1.82) is 0 Å². The number of rotatable bonds is 6. The molecule has 0 bridgehead atoms. The molecule has 1 aromatic rings. The molecule has 0 aliphatic rings. The van der Waals surface area contributed by atoms with Crippen LogP contribution in [0.3, 0.4) is 0 Å². The Kier molecular flexibility index (Phi) is 5.11. The molecule has 0 atom stereocenters. The quantitative estimate of drug-likeness (QED) is 0.444. The van der Waals surface area contributed by atoms with E-state index in [0.29, 0.717) is 11.3 Å². The van der Waals surface area contributed by atoms with Gasteiger partial charge in [0.05, 0.1) is 32.2 Å². The van der Waals surface area contributed by atoms with E-state index in [2.05, 4.69) is 0 Å². The van der Waals surface area contributed by atoms with Gasteiger partial charge in [-0.3, -0.25) is 14.9 Å². The zero-order chi connectivity index (χ0) is 14.4. The number of carbonyl (C=O) groups excluding carboxylic acids is 1. The van der Waals surface area contributed by atoms with Crippen LogP contribution in [0, 0.1) is 10.1 Å². The van der Waals surface area contributed by atoms with Gasteiger partial charge in [0.2, 0.25) is 5.75 Å². The van der Waals surface area contributed by atoms with Crippen LogP contribution in [0.4, 0.5) is 5.69 Å². The van der Waals surface area contributed by atoms with Gasteiger partial charge < -0.3 is 14.2 Å². The molecule has 0 spiro atoms. The highest BCUT2D eigenvalue weighted by Gasteiger charge is 2.21. The van der Waals surface area contributed by atoms with Crippen molar-refractivity contribution in [2.24, 2.45) is 0 Å². The summed E-state index contributed by atoms with van der Waals surface area (Å²) < 4.78 is 14.8. The lowest BCUT2D eigenvalue weighted by Crippen LogP contribution is -2.09. The van der Waals surface area contributed by atoms with Gasteiger partial charge in [0.1, 0.15) is 5.75 Å². The summed E-state index contributed by atoms with van der Waals surface area (Å²) in [4.78, 5) is 21.8. The maximum atomic E-state index is 11.4. The van der Waals surface area contributed by atoms with E-state index in [0.717, 1.165) is 0 Å². The molecule has 0 fully saturated rings. The molecule has 0 aliphatic carbocycles. The SMILES string of the molecule is CCOC(=O)Cc1cc([N+](=O)[O-])c(OC)cc1OC. The number of benzene rings is 1. The average molecular weight is 269 g/mol. The van der Waals surface area contributed by atoms with Crippen molar-refractivity contribution in [2.75, 3.05) is 20.8 Å². The summed E-state index contributed by atoms with van der Waals surface area (Å²) >= 11 is 0. The number of methoxy groups -OCH3 is 2. The van der Waals surface area contributed by atoms with Crippen molar-refractivity contribution in [1.82, 2.24) is 0 Å². The van der Waals surface area contributed by atoms with Gasteiger partial charge in [-0.1, -0.05) is 0 Å². The Morgan fingerprint density at radius 3 is 2.37 bits per heavy atom. The first-order valence-electron chi connectivity index (χ1n) is 5.58. The third-order valence-corrected chi connectivity index (χ3v) is 2.42. The lowest BCUT2D eigenvalue weighted by molar-refractivity contribution is -0.385. The van der Waals surface area contributed by atoms with E-state index in [1.807, 2.05) is 0 Å². The van der Waals surface area contributed by atoms with Crippen molar-refractivity contribution >= 4 is 11.7 Å². The van der Waals surface area contributed by atoms with Crippen molar-refractivity contribution < 1.29 is 23.9 Å². The number of ether oxygens (including phenoxy) is 3. The zero-order valence-corrected chi connectivity index (χ0v) is 11.0. The van der Waals surface area contributed by atoms with Crippen LogP contribution >= 0.6 is 0 Å². The first-order chi connectivity index (χ1) is 9.03. The number of hydrogen-bond donors (Lipinski definition) is 0. The zero-order valence-electron chi connectivity index (χ0n) is 11.0. The second-order valence-electron chi connectivity index (χ2n) is 3.57. The molecule has 0 saturated heterocycles. The Hall–Kier alpha value is -2.31. The second-order valence-corrected chi connectivity index (χ2v) is 3.57. The van der Waals surface area contributed by atoms with E-state index in [1.165, 1.54) is 26.4 Å². The standard InChI is InChI=1S/C12H15NO6/c1-4-19-12(14)6-8-5-9(13(15)16)11(18-3)7-10(8)17-2/h5,7H,4,6H2,1-3H3. The van der Waals surface area contributed by atoms with Crippen molar-refractivity contribution in [3.63, 3.8) is 0 Å². The highest BCUT2D eigenvalue weighted by atomic mass is 16.6. The molecule has 19 heavy (non-hydrogen) atoms. The molecule has 7 nitrogen and oxygen atoms in total. The predicted molar refractivity (Wildman–Crippen MR) is 66.5 cm³/mol. The summed E-state index contributed by atoms with van der Waals surface area (Å²) in [5, 5.41) is 10.9. The normalized spacial score (nSPS) is 9.84. The van der Waals surface area contributed by atoms with Gasteiger partial charge in [-0.05, 0) is 6.92 Å². The molecule has 0 amide bonds. The lowest BCUT2D eigenvalue weighted by atomic mass is 10.1. The van der Waals surface area contributed by atoms with E-state index in [1.54, 1.807) is 6.92 Å². The molecule has 0 aliphatic heterocycles. The number of nitro groups is 1. The predicted octanol–water partition coefficient (Wildman–Crippen LogP) is 1.72. The minimum absolute atomic E-state index is 0.0782. The molecule has 0 radical (unpaired) electrons. The van der Waals surface area contributed by atoms with Crippen LogP contribution < -0.4 is 9.47 Å². The fraction of sp³-hybridized carbons (Fsp3) is 0.417. The van der Waals surface area contributed by atoms with Gasteiger partial charge in [-0.25, -0.2) is 0 Å². The summed E-state index contributed by atoms with van der Waals surface area (Å²) in [5.74, 6) is -0.0507. The summed E-state index contributed by atoms with van der Waals surface area (Å²) in [7, 11) is 2.74. The Balaban J connectivity index is 3.18. The van der Waals surface area contributed by atoms with Gasteiger partial charge in [0.25, 0.3) is 0 Å². The average Bonchev–Trinajstić information content (AvgIpc) is 2.38. The number of esters is 1. The number of hydrogen-bond acceptors (Lipinski definition) is 6. The van der Waals surface area contributed by atoms with E-state index < -0.39 is 10.9 Å². The Bertz CT molecular complexity index is 485. The summed E-state index contributed by atoms with van der Waals surface area (Å²) in [6, 6.07) is 2.64. The molecule has 7 heteroatoms. The van der Waals surface area contributed by atoms with Gasteiger partial charge in [-0.15, -0.1) is 0 Å². The van der Waals surface area contributed by atoms with Crippen molar-refractivity contribution in [3.05, 3.63) is 27.8 Å². The minimum Gasteiger partial charge on any atom is -0.496 e. The summed E-state index contributed by atoms with van der Waals surface area (Å²) in [6.45, 7) is 1.94. The first kappa shape index (κ1) is 14.7. The van der Waals surface area contributed by atoms with Crippen LogP contribution in [0.15, 0.2) is 12.1 Å². The van der Waals surface area contributed by atoms with Crippen LogP contribution in [0.2, 0.25) is 0 Å². The third-order valence-electron chi connectivity index (χ3n) is 2.42. The molecule has 0 heterocycles. The fourth-order valence-corrected chi connectivity index (χ4v) is 1.59. The van der Waals surface area contributed by atoms with E-state index in [-0.39, 0.29) is 24.5 Å². The Morgan fingerprint density at radius 2 is 1.89 bits per heavy atom. The molecule has 104 valence electrons. The highest BCUT2D eigenvalue weighted by molar-refractivity contribution is 5.74. The van der Waals surface area contributed by atoms with Crippen molar-refractivity contribution in [2.45, 2.75) is 13.3 Å². The largest absolute Gasteiger partial charge is 0.496 e. The number of nitrogens with zero attached hydrogens (tertiary/aromatic N) is 1. The molecule has 1 aromatic carbocycles. The Morgan fingerprint density at radius 1 is 1.26 bits per heavy atom. The van der Waals surface area contributed by atoms with E-state index in [9.17, 15) is 14.9 Å². The minimum atomic E-state index is -0.576. The van der Waals surface area contributed by atoms with Crippen LogP contribution in [0.5, 0.6) is 11.5 Å². The monoisotopic (exact) mass is 269 g/mol. The molecule has 1 rings (SSSR count). The molecular formula is C12H15NO6. The molecule has 0 aromatic heterocycles. The maximum Gasteiger partial charge on any atom is 0.311 e. The first-order valence-corrected chi connectivity index (χ1v) is 5.58. The van der Waals surface area contributed by atoms with Gasteiger partial charge in [-0.2, -0.15) is 0 Å². The van der Waals surface area contributed by atoms with Crippen molar-refractivity contribution in [3.8, 4) is 11.5 Å². The van der Waals surface area contributed by atoms with Gasteiger partial charge >= 0.3 is 11.7 Å².